The number of benzene rings is 2. The molecule has 0 unspecified atom stereocenters. The van der Waals surface area contributed by atoms with Crippen LogP contribution < -0.4 is 4.74 Å². The molecular weight excluding hydrogens is 224 g/mol. The average Bonchev–Trinajstić information content (AvgIpc) is 2.30. The topological polar surface area (TPSA) is 29.5 Å². The van der Waals surface area contributed by atoms with Crippen LogP contribution in [0.2, 0.25) is 5.02 Å². The van der Waals surface area contributed by atoms with E-state index in [-0.39, 0.29) is 5.75 Å². The van der Waals surface area contributed by atoms with Crippen LogP contribution in [0.3, 0.4) is 0 Å². The summed E-state index contributed by atoms with van der Waals surface area (Å²) in [6.07, 6.45) is 0. The van der Waals surface area contributed by atoms with Gasteiger partial charge in [0, 0.05) is 0 Å². The zero-order valence-corrected chi connectivity index (χ0v) is 9.32. The molecular formula is C13H11ClO2. The molecule has 0 saturated heterocycles. The zero-order valence-electron chi connectivity index (χ0n) is 8.56. The summed E-state index contributed by atoms with van der Waals surface area (Å²) >= 11 is 5.95. The molecule has 0 heterocycles. The first kappa shape index (κ1) is 10.8. The van der Waals surface area contributed by atoms with Gasteiger partial charge in [0.2, 0.25) is 0 Å². The van der Waals surface area contributed by atoms with Crippen molar-refractivity contribution in [2.45, 2.75) is 6.61 Å². The van der Waals surface area contributed by atoms with Crippen molar-refractivity contribution in [1.82, 2.24) is 0 Å². The summed E-state index contributed by atoms with van der Waals surface area (Å²) in [5, 5.41) is 9.72. The fourth-order valence-corrected chi connectivity index (χ4v) is 1.51. The van der Waals surface area contributed by atoms with E-state index in [0.29, 0.717) is 17.4 Å². The third-order valence-electron chi connectivity index (χ3n) is 2.17. The predicted octanol–water partition coefficient (Wildman–Crippen LogP) is 3.62. The van der Waals surface area contributed by atoms with E-state index in [9.17, 15) is 0 Å². The Balaban J connectivity index is 2.02. The molecule has 1 N–H and O–H groups in total. The minimum atomic E-state index is 0.251. The molecule has 0 radical (unpaired) electrons. The Morgan fingerprint density at radius 1 is 1.00 bits per heavy atom. The van der Waals surface area contributed by atoms with Gasteiger partial charge in [0.1, 0.15) is 18.1 Å². The third kappa shape index (κ3) is 2.67. The van der Waals surface area contributed by atoms with Gasteiger partial charge >= 0.3 is 0 Å². The summed E-state index contributed by atoms with van der Waals surface area (Å²) in [5.74, 6) is 0.915. The first-order valence-corrected chi connectivity index (χ1v) is 5.29. The molecule has 0 aromatic heterocycles. The van der Waals surface area contributed by atoms with Crippen LogP contribution in [-0.2, 0) is 6.61 Å². The van der Waals surface area contributed by atoms with Gasteiger partial charge in [0.25, 0.3) is 0 Å². The molecule has 0 aliphatic rings. The number of ether oxygens (including phenoxy) is 1. The number of phenolic OH excluding ortho intramolecular Hbond substituents is 1. The van der Waals surface area contributed by atoms with Crippen molar-refractivity contribution >= 4 is 11.6 Å². The van der Waals surface area contributed by atoms with Gasteiger partial charge in [-0.25, -0.2) is 0 Å². The third-order valence-corrected chi connectivity index (χ3v) is 2.48. The van der Waals surface area contributed by atoms with Crippen LogP contribution in [0.25, 0.3) is 0 Å². The van der Waals surface area contributed by atoms with Gasteiger partial charge in [0.05, 0.1) is 5.02 Å². The number of rotatable bonds is 3. The van der Waals surface area contributed by atoms with Gasteiger partial charge in [-0.1, -0.05) is 35.9 Å². The lowest BCUT2D eigenvalue weighted by molar-refractivity contribution is 0.306. The number of hydrogen-bond donors (Lipinski definition) is 1. The summed E-state index contributed by atoms with van der Waals surface area (Å²) in [5.41, 5.74) is 0.984. The van der Waals surface area contributed by atoms with Crippen molar-refractivity contribution in [3.63, 3.8) is 0 Å². The van der Waals surface area contributed by atoms with Crippen molar-refractivity contribution < 1.29 is 9.84 Å². The summed E-state index contributed by atoms with van der Waals surface area (Å²) in [7, 11) is 0. The Kier molecular flexibility index (Phi) is 3.32. The Bertz CT molecular complexity index is 466. The highest BCUT2D eigenvalue weighted by molar-refractivity contribution is 6.32. The maximum atomic E-state index is 9.12. The molecule has 16 heavy (non-hydrogen) atoms. The lowest BCUT2D eigenvalue weighted by atomic mass is 10.2. The van der Waals surface area contributed by atoms with Gasteiger partial charge in [-0.3, -0.25) is 0 Å². The van der Waals surface area contributed by atoms with E-state index in [1.54, 1.807) is 18.2 Å². The van der Waals surface area contributed by atoms with E-state index >= 15 is 0 Å². The van der Waals surface area contributed by atoms with Crippen molar-refractivity contribution in [2.75, 3.05) is 0 Å². The van der Waals surface area contributed by atoms with Crippen molar-refractivity contribution in [1.29, 1.82) is 0 Å². The van der Waals surface area contributed by atoms with E-state index < -0.39 is 0 Å². The van der Waals surface area contributed by atoms with Crippen LogP contribution in [0, 0.1) is 0 Å². The average molecular weight is 235 g/mol. The Morgan fingerprint density at radius 3 is 2.38 bits per heavy atom. The van der Waals surface area contributed by atoms with Crippen LogP contribution >= 0.6 is 11.6 Å². The monoisotopic (exact) mass is 234 g/mol. The van der Waals surface area contributed by atoms with Crippen molar-refractivity contribution in [3.05, 3.63) is 59.1 Å². The lowest BCUT2D eigenvalue weighted by Gasteiger charge is -2.07. The Labute approximate surface area is 99.1 Å². The van der Waals surface area contributed by atoms with Crippen LogP contribution in [0.4, 0.5) is 0 Å². The standard InChI is InChI=1S/C13H11ClO2/c14-12-3-1-2-4-13(12)16-9-10-5-7-11(15)8-6-10/h1-8,15H,9H2. The summed E-state index contributed by atoms with van der Waals surface area (Å²) in [4.78, 5) is 0. The first-order valence-electron chi connectivity index (χ1n) is 4.91. The second-order valence-corrected chi connectivity index (χ2v) is 3.79. The summed E-state index contributed by atoms with van der Waals surface area (Å²) in [6, 6.07) is 14.2. The van der Waals surface area contributed by atoms with Gasteiger partial charge in [-0.15, -0.1) is 0 Å². The van der Waals surface area contributed by atoms with E-state index in [0.717, 1.165) is 5.56 Å². The SMILES string of the molecule is Oc1ccc(COc2ccccc2Cl)cc1. The van der Waals surface area contributed by atoms with Gasteiger partial charge in [-0.2, -0.15) is 0 Å². The molecule has 0 amide bonds. The molecule has 2 aromatic rings. The highest BCUT2D eigenvalue weighted by Gasteiger charge is 2.00. The second kappa shape index (κ2) is 4.90. The number of aromatic hydroxyl groups is 1. The van der Waals surface area contributed by atoms with Crippen molar-refractivity contribution in [2.24, 2.45) is 0 Å². The minimum Gasteiger partial charge on any atom is -0.508 e. The fraction of sp³-hybridized carbons (Fsp3) is 0.0769. The van der Waals surface area contributed by atoms with Crippen LogP contribution in [0.15, 0.2) is 48.5 Å². The molecule has 82 valence electrons. The molecule has 2 aromatic carbocycles. The van der Waals surface area contributed by atoms with Crippen LogP contribution in [0.1, 0.15) is 5.56 Å². The molecule has 0 fully saturated rings. The van der Waals surface area contributed by atoms with E-state index in [4.69, 9.17) is 21.4 Å². The minimum absolute atomic E-state index is 0.251. The quantitative estimate of drug-likeness (QED) is 0.879. The van der Waals surface area contributed by atoms with Crippen LogP contribution in [0.5, 0.6) is 11.5 Å². The smallest absolute Gasteiger partial charge is 0.138 e. The second-order valence-electron chi connectivity index (χ2n) is 3.39. The van der Waals surface area contributed by atoms with E-state index in [1.165, 1.54) is 0 Å². The molecule has 2 rings (SSSR count). The molecule has 0 aliphatic carbocycles. The molecule has 0 bridgehead atoms. The largest absolute Gasteiger partial charge is 0.508 e. The van der Waals surface area contributed by atoms with Gasteiger partial charge in [-0.05, 0) is 29.8 Å². The number of hydrogen-bond acceptors (Lipinski definition) is 2. The van der Waals surface area contributed by atoms with E-state index in [2.05, 4.69) is 0 Å². The maximum absolute atomic E-state index is 9.12. The summed E-state index contributed by atoms with van der Waals surface area (Å²) in [6.45, 7) is 0.435. The molecule has 0 atom stereocenters. The van der Waals surface area contributed by atoms with E-state index in [1.807, 2.05) is 30.3 Å². The highest BCUT2D eigenvalue weighted by atomic mass is 35.5. The number of phenols is 1. The number of halogens is 1. The molecule has 3 heteroatoms. The Morgan fingerprint density at radius 2 is 1.69 bits per heavy atom. The zero-order chi connectivity index (χ0) is 11.4. The summed E-state index contributed by atoms with van der Waals surface area (Å²) < 4.78 is 5.55. The van der Waals surface area contributed by atoms with Crippen molar-refractivity contribution in [3.8, 4) is 11.5 Å². The molecule has 0 saturated carbocycles. The molecule has 2 nitrogen and oxygen atoms in total. The molecule has 0 aliphatic heterocycles. The maximum Gasteiger partial charge on any atom is 0.138 e. The first-order chi connectivity index (χ1) is 7.75. The molecule has 0 spiro atoms. The Hall–Kier alpha value is -1.67. The lowest BCUT2D eigenvalue weighted by Crippen LogP contribution is -1.95. The van der Waals surface area contributed by atoms with Gasteiger partial charge < -0.3 is 9.84 Å². The van der Waals surface area contributed by atoms with Gasteiger partial charge in [0.15, 0.2) is 0 Å². The predicted molar refractivity (Wildman–Crippen MR) is 63.9 cm³/mol. The normalized spacial score (nSPS) is 10.1. The fourth-order valence-electron chi connectivity index (χ4n) is 1.32. The number of para-hydroxylation sites is 1. The van der Waals surface area contributed by atoms with Crippen LogP contribution in [-0.4, -0.2) is 5.11 Å². The highest BCUT2D eigenvalue weighted by Crippen LogP contribution is 2.24.